The molecule has 0 spiro atoms. The van der Waals surface area contributed by atoms with Gasteiger partial charge in [0.1, 0.15) is 11.5 Å². The Labute approximate surface area is 204 Å². The molecule has 0 bridgehead atoms. The predicted molar refractivity (Wildman–Crippen MR) is 137 cm³/mol. The Balaban J connectivity index is 1.44. The molecular formula is C27H20FN7O. The molecule has 36 heavy (non-hydrogen) atoms. The van der Waals surface area contributed by atoms with Gasteiger partial charge in [0.2, 0.25) is 5.91 Å². The summed E-state index contributed by atoms with van der Waals surface area (Å²) in [6.07, 6.45) is 7.06. The van der Waals surface area contributed by atoms with E-state index in [0.717, 1.165) is 33.1 Å². The SMILES string of the molecule is CCC(=O)Nc1cncc(-c2cc3c(-c4cc5c(-c6ccccc6F)nccc5[nH]4)n[nH]c3cn2)c1. The van der Waals surface area contributed by atoms with E-state index in [1.165, 1.54) is 6.07 Å². The molecule has 6 rings (SSSR count). The number of hydrogen-bond donors (Lipinski definition) is 3. The number of anilines is 1. The van der Waals surface area contributed by atoms with Crippen molar-refractivity contribution in [2.45, 2.75) is 13.3 Å². The number of hydrogen-bond acceptors (Lipinski definition) is 5. The molecule has 0 fully saturated rings. The van der Waals surface area contributed by atoms with Gasteiger partial charge in [-0.25, -0.2) is 4.39 Å². The van der Waals surface area contributed by atoms with Crippen LogP contribution in [-0.2, 0) is 4.79 Å². The Morgan fingerprint density at radius 1 is 0.972 bits per heavy atom. The molecule has 6 aromatic rings. The van der Waals surface area contributed by atoms with Crippen molar-refractivity contribution in [1.82, 2.24) is 30.1 Å². The molecule has 0 saturated heterocycles. The van der Waals surface area contributed by atoms with E-state index in [9.17, 15) is 9.18 Å². The summed E-state index contributed by atoms with van der Waals surface area (Å²) < 4.78 is 14.5. The molecule has 0 saturated carbocycles. The van der Waals surface area contributed by atoms with E-state index in [0.29, 0.717) is 34.8 Å². The first-order valence-electron chi connectivity index (χ1n) is 11.4. The summed E-state index contributed by atoms with van der Waals surface area (Å²) in [7, 11) is 0. The Morgan fingerprint density at radius 2 is 1.83 bits per heavy atom. The monoisotopic (exact) mass is 477 g/mol. The molecule has 0 unspecified atom stereocenters. The van der Waals surface area contributed by atoms with Gasteiger partial charge in [-0.2, -0.15) is 5.10 Å². The molecule has 5 aromatic heterocycles. The molecule has 9 heteroatoms. The van der Waals surface area contributed by atoms with Crippen LogP contribution in [0.1, 0.15) is 13.3 Å². The maximum absolute atomic E-state index is 14.5. The lowest BCUT2D eigenvalue weighted by Crippen LogP contribution is -2.09. The van der Waals surface area contributed by atoms with Gasteiger partial charge in [-0.3, -0.25) is 24.8 Å². The van der Waals surface area contributed by atoms with E-state index < -0.39 is 0 Å². The van der Waals surface area contributed by atoms with Crippen LogP contribution in [0.4, 0.5) is 10.1 Å². The van der Waals surface area contributed by atoms with E-state index in [1.807, 2.05) is 24.3 Å². The molecule has 3 N–H and O–H groups in total. The fraction of sp³-hybridized carbons (Fsp3) is 0.0741. The number of pyridine rings is 3. The summed E-state index contributed by atoms with van der Waals surface area (Å²) in [5, 5.41) is 12.0. The highest BCUT2D eigenvalue weighted by Gasteiger charge is 2.17. The maximum atomic E-state index is 14.5. The third-order valence-electron chi connectivity index (χ3n) is 6.02. The number of halogens is 1. The van der Waals surface area contributed by atoms with Crippen LogP contribution < -0.4 is 5.32 Å². The normalized spacial score (nSPS) is 11.3. The lowest BCUT2D eigenvalue weighted by Gasteiger charge is -2.06. The number of benzene rings is 1. The molecule has 0 aliphatic carbocycles. The zero-order valence-electron chi connectivity index (χ0n) is 19.2. The first-order chi connectivity index (χ1) is 17.6. The number of fused-ring (bicyclic) bond motifs is 2. The van der Waals surface area contributed by atoms with Gasteiger partial charge in [-0.15, -0.1) is 0 Å². The standard InChI is InChI=1S/C27H20FN7O/c1-2-25(36)32-16-9-15(12-29-13-16)22-10-19-24(14-31-22)34-35-27(19)23-11-18-21(33-23)7-8-30-26(18)17-5-3-4-6-20(17)28/h3-14,33H,2H2,1H3,(H,32,36)(H,34,35). The fourth-order valence-corrected chi connectivity index (χ4v) is 4.23. The molecule has 1 aromatic carbocycles. The zero-order valence-corrected chi connectivity index (χ0v) is 19.2. The first-order valence-corrected chi connectivity index (χ1v) is 11.4. The van der Waals surface area contributed by atoms with Crippen LogP contribution in [0.3, 0.4) is 0 Å². The Morgan fingerprint density at radius 3 is 2.69 bits per heavy atom. The number of H-pyrrole nitrogens is 2. The summed E-state index contributed by atoms with van der Waals surface area (Å²) in [6, 6.07) is 14.1. The molecule has 0 radical (unpaired) electrons. The minimum atomic E-state index is -0.327. The number of aromatic amines is 2. The summed E-state index contributed by atoms with van der Waals surface area (Å²) in [4.78, 5) is 28.4. The van der Waals surface area contributed by atoms with Gasteiger partial charge >= 0.3 is 0 Å². The second kappa shape index (κ2) is 8.70. The van der Waals surface area contributed by atoms with Crippen LogP contribution in [0.25, 0.3) is 55.7 Å². The van der Waals surface area contributed by atoms with Crippen LogP contribution in [-0.4, -0.2) is 36.0 Å². The molecular weight excluding hydrogens is 457 g/mol. The van der Waals surface area contributed by atoms with Crippen LogP contribution in [0.15, 0.2) is 73.3 Å². The molecule has 5 heterocycles. The smallest absolute Gasteiger partial charge is 0.224 e. The average Bonchev–Trinajstić information content (AvgIpc) is 3.52. The third-order valence-corrected chi connectivity index (χ3v) is 6.02. The number of amides is 1. The van der Waals surface area contributed by atoms with Gasteiger partial charge < -0.3 is 10.3 Å². The van der Waals surface area contributed by atoms with Crippen molar-refractivity contribution in [3.63, 3.8) is 0 Å². The van der Waals surface area contributed by atoms with Gasteiger partial charge in [0, 0.05) is 46.2 Å². The van der Waals surface area contributed by atoms with E-state index in [4.69, 9.17) is 0 Å². The van der Waals surface area contributed by atoms with E-state index in [2.05, 4.69) is 35.5 Å². The lowest BCUT2D eigenvalue weighted by atomic mass is 10.1. The quantitative estimate of drug-likeness (QED) is 0.294. The fourth-order valence-electron chi connectivity index (χ4n) is 4.23. The largest absolute Gasteiger partial charge is 0.353 e. The molecule has 0 aliphatic rings. The van der Waals surface area contributed by atoms with E-state index in [1.54, 1.807) is 49.9 Å². The average molecular weight is 478 g/mol. The third kappa shape index (κ3) is 3.76. The molecule has 176 valence electrons. The summed E-state index contributed by atoms with van der Waals surface area (Å²) in [5.41, 5.74) is 6.12. The van der Waals surface area contributed by atoms with Gasteiger partial charge in [-0.05, 0) is 36.4 Å². The number of carbonyl (C=O) groups is 1. The number of aromatic nitrogens is 6. The van der Waals surface area contributed by atoms with E-state index in [-0.39, 0.29) is 11.7 Å². The van der Waals surface area contributed by atoms with Crippen LogP contribution in [0.2, 0.25) is 0 Å². The van der Waals surface area contributed by atoms with Gasteiger partial charge in [0.05, 0.1) is 40.7 Å². The molecule has 0 atom stereocenters. The number of nitrogens with zero attached hydrogens (tertiary/aromatic N) is 4. The first kappa shape index (κ1) is 21.6. The minimum Gasteiger partial charge on any atom is -0.353 e. The van der Waals surface area contributed by atoms with Gasteiger partial charge in [0.15, 0.2) is 0 Å². The molecule has 0 aliphatic heterocycles. The zero-order chi connectivity index (χ0) is 24.6. The Hall–Kier alpha value is -4.92. The van der Waals surface area contributed by atoms with Crippen molar-refractivity contribution in [1.29, 1.82) is 0 Å². The summed E-state index contributed by atoms with van der Waals surface area (Å²) >= 11 is 0. The second-order valence-electron chi connectivity index (χ2n) is 8.34. The van der Waals surface area contributed by atoms with Crippen LogP contribution in [0.5, 0.6) is 0 Å². The molecule has 1 amide bonds. The Kier molecular flexibility index (Phi) is 5.22. The van der Waals surface area contributed by atoms with Crippen molar-refractivity contribution < 1.29 is 9.18 Å². The lowest BCUT2D eigenvalue weighted by molar-refractivity contribution is -0.115. The predicted octanol–water partition coefficient (Wildman–Crippen LogP) is 5.72. The highest BCUT2D eigenvalue weighted by molar-refractivity contribution is 6.00. The Bertz CT molecular complexity index is 1750. The van der Waals surface area contributed by atoms with Crippen LogP contribution in [0, 0.1) is 5.82 Å². The number of rotatable bonds is 5. The number of nitrogens with one attached hydrogen (secondary N) is 3. The highest BCUT2D eigenvalue weighted by Crippen LogP contribution is 2.34. The second-order valence-corrected chi connectivity index (χ2v) is 8.34. The number of carbonyl (C=O) groups excluding carboxylic acids is 1. The van der Waals surface area contributed by atoms with Crippen molar-refractivity contribution in [2.24, 2.45) is 0 Å². The van der Waals surface area contributed by atoms with Crippen LogP contribution >= 0.6 is 0 Å². The minimum absolute atomic E-state index is 0.0856. The summed E-state index contributed by atoms with van der Waals surface area (Å²) in [6.45, 7) is 1.79. The summed E-state index contributed by atoms with van der Waals surface area (Å²) in [5.74, 6) is -0.412. The highest BCUT2D eigenvalue weighted by atomic mass is 19.1. The van der Waals surface area contributed by atoms with E-state index >= 15 is 0 Å². The van der Waals surface area contributed by atoms with Gasteiger partial charge in [-0.1, -0.05) is 19.1 Å². The molecule has 8 nitrogen and oxygen atoms in total. The van der Waals surface area contributed by atoms with Crippen molar-refractivity contribution >= 4 is 33.4 Å². The van der Waals surface area contributed by atoms with Crippen molar-refractivity contribution in [2.75, 3.05) is 5.32 Å². The topological polar surface area (TPSA) is 112 Å². The van der Waals surface area contributed by atoms with Gasteiger partial charge in [0.25, 0.3) is 0 Å². The van der Waals surface area contributed by atoms with Crippen molar-refractivity contribution in [3.8, 4) is 33.9 Å². The van der Waals surface area contributed by atoms with Crippen molar-refractivity contribution in [3.05, 3.63) is 79.1 Å². The maximum Gasteiger partial charge on any atom is 0.224 e.